The summed E-state index contributed by atoms with van der Waals surface area (Å²) in [6.07, 6.45) is 4.32. The van der Waals surface area contributed by atoms with E-state index in [-0.39, 0.29) is 23.0 Å². The molecular formula is C30H48N4O6. The summed E-state index contributed by atoms with van der Waals surface area (Å²) in [6.45, 7) is 11.4. The number of aliphatic carboxylic acids is 1. The molecule has 0 amide bonds. The molecule has 2 heterocycles. The number of hydrogen-bond acceptors (Lipinski definition) is 7. The molecule has 40 heavy (non-hydrogen) atoms. The third-order valence-electron chi connectivity index (χ3n) is 5.93. The number of pyridine rings is 2. The van der Waals surface area contributed by atoms with Crippen molar-refractivity contribution in [1.82, 2.24) is 18.9 Å². The predicted molar refractivity (Wildman–Crippen MR) is 157 cm³/mol. The number of carbonyl (C=O) groups is 2. The van der Waals surface area contributed by atoms with Crippen molar-refractivity contribution in [2.45, 2.75) is 72.6 Å². The maximum Gasteiger partial charge on any atom is 0.329 e. The van der Waals surface area contributed by atoms with Gasteiger partial charge in [0.1, 0.15) is 12.1 Å². The number of nitrogens with zero attached hydrogens (tertiary/aromatic N) is 4. The SMILES string of the molecule is CC(C)CC(C(=O)O)n1ccc(CN(C)C)cc1=O.CCOC(=O)C(CC(C)C)n1ccc(CN(C)C)cc1=O. The van der Waals surface area contributed by atoms with Crippen LogP contribution in [0.2, 0.25) is 0 Å². The van der Waals surface area contributed by atoms with E-state index in [0.717, 1.165) is 11.1 Å². The van der Waals surface area contributed by atoms with Gasteiger partial charge in [0.2, 0.25) is 0 Å². The summed E-state index contributed by atoms with van der Waals surface area (Å²) in [5.74, 6) is -0.785. The van der Waals surface area contributed by atoms with E-state index in [1.54, 1.807) is 31.5 Å². The van der Waals surface area contributed by atoms with E-state index in [0.29, 0.717) is 38.5 Å². The molecule has 2 rings (SSSR count). The Bertz CT molecular complexity index is 1200. The van der Waals surface area contributed by atoms with Crippen LogP contribution in [0.3, 0.4) is 0 Å². The van der Waals surface area contributed by atoms with E-state index >= 15 is 0 Å². The van der Waals surface area contributed by atoms with E-state index in [1.807, 2.05) is 71.8 Å². The Morgan fingerprint density at radius 1 is 0.800 bits per heavy atom. The van der Waals surface area contributed by atoms with Crippen LogP contribution in [0.1, 0.15) is 70.7 Å². The maximum atomic E-state index is 12.3. The summed E-state index contributed by atoms with van der Waals surface area (Å²) in [5, 5.41) is 9.25. The van der Waals surface area contributed by atoms with Gasteiger partial charge in [-0.25, -0.2) is 9.59 Å². The number of aromatic nitrogens is 2. The number of hydrogen-bond donors (Lipinski definition) is 1. The van der Waals surface area contributed by atoms with Crippen LogP contribution in [0.4, 0.5) is 0 Å². The normalized spacial score (nSPS) is 12.8. The lowest BCUT2D eigenvalue weighted by molar-refractivity contribution is -0.147. The minimum Gasteiger partial charge on any atom is -0.480 e. The van der Waals surface area contributed by atoms with E-state index in [2.05, 4.69) is 0 Å². The molecular weight excluding hydrogens is 512 g/mol. The van der Waals surface area contributed by atoms with Crippen molar-refractivity contribution in [2.75, 3.05) is 34.8 Å². The molecule has 1 N–H and O–H groups in total. The van der Waals surface area contributed by atoms with Crippen LogP contribution in [0.5, 0.6) is 0 Å². The van der Waals surface area contributed by atoms with E-state index in [4.69, 9.17) is 4.74 Å². The van der Waals surface area contributed by atoms with Crippen molar-refractivity contribution in [3.05, 3.63) is 68.5 Å². The van der Waals surface area contributed by atoms with Gasteiger partial charge in [0.15, 0.2) is 0 Å². The van der Waals surface area contributed by atoms with Gasteiger partial charge in [-0.05, 0) is 83.1 Å². The summed E-state index contributed by atoms with van der Waals surface area (Å²) in [6, 6.07) is 5.45. The molecule has 0 aliphatic carbocycles. The lowest BCUT2D eigenvalue weighted by Gasteiger charge is -2.20. The molecule has 0 radical (unpaired) electrons. The first kappa shape index (κ1) is 34.8. The fourth-order valence-corrected chi connectivity index (χ4v) is 4.29. The van der Waals surface area contributed by atoms with Gasteiger partial charge in [0.25, 0.3) is 11.1 Å². The topological polar surface area (TPSA) is 114 Å². The molecule has 0 aliphatic rings. The van der Waals surface area contributed by atoms with Gasteiger partial charge in [-0.2, -0.15) is 0 Å². The Labute approximate surface area is 238 Å². The molecule has 0 saturated heterocycles. The molecule has 10 nitrogen and oxygen atoms in total. The Kier molecular flexibility index (Phi) is 14.6. The summed E-state index contributed by atoms with van der Waals surface area (Å²) >= 11 is 0. The molecule has 10 heteroatoms. The average molecular weight is 561 g/mol. The van der Waals surface area contributed by atoms with Crippen molar-refractivity contribution in [1.29, 1.82) is 0 Å². The molecule has 0 saturated carbocycles. The highest BCUT2D eigenvalue weighted by Gasteiger charge is 2.24. The Balaban J connectivity index is 0.000000402. The second-order valence-electron chi connectivity index (χ2n) is 11.4. The molecule has 0 bridgehead atoms. The molecule has 2 aromatic rings. The van der Waals surface area contributed by atoms with Crippen LogP contribution in [-0.4, -0.2) is 70.8 Å². The molecule has 0 spiro atoms. The van der Waals surface area contributed by atoms with Gasteiger partial charge < -0.3 is 28.8 Å². The third kappa shape index (κ3) is 11.9. The lowest BCUT2D eigenvalue weighted by atomic mass is 10.0. The van der Waals surface area contributed by atoms with Gasteiger partial charge in [-0.3, -0.25) is 9.59 Å². The quantitative estimate of drug-likeness (QED) is 0.370. The van der Waals surface area contributed by atoms with Crippen molar-refractivity contribution in [2.24, 2.45) is 11.8 Å². The lowest BCUT2D eigenvalue weighted by Crippen LogP contribution is -2.32. The number of ether oxygens (including phenoxy) is 1. The molecule has 0 aliphatic heterocycles. The Morgan fingerprint density at radius 2 is 1.20 bits per heavy atom. The minimum atomic E-state index is -0.962. The number of rotatable bonds is 13. The second-order valence-corrected chi connectivity index (χ2v) is 11.4. The Hall–Kier alpha value is -3.24. The van der Waals surface area contributed by atoms with E-state index < -0.39 is 18.1 Å². The highest BCUT2D eigenvalue weighted by atomic mass is 16.5. The van der Waals surface area contributed by atoms with Gasteiger partial charge in [-0.15, -0.1) is 0 Å². The van der Waals surface area contributed by atoms with Gasteiger partial charge in [0.05, 0.1) is 6.61 Å². The van der Waals surface area contributed by atoms with Crippen LogP contribution < -0.4 is 11.1 Å². The predicted octanol–water partition coefficient (Wildman–Crippen LogP) is 3.64. The maximum absolute atomic E-state index is 12.3. The first-order valence-corrected chi connectivity index (χ1v) is 13.8. The standard InChI is InChI=1S/C16H26N2O3.C14H22N2O3/c1-6-21-16(20)14(9-12(2)3)18-8-7-13(10-15(18)19)11-17(4)5;1-10(2)7-12(14(18)19)16-6-5-11(8-13(16)17)9-15(3)4/h7-8,10,12,14H,6,9,11H2,1-5H3;5-6,8,10,12H,7,9H2,1-4H3,(H,18,19). The van der Waals surface area contributed by atoms with Crippen LogP contribution in [0, 0.1) is 11.8 Å². The van der Waals surface area contributed by atoms with Crippen molar-refractivity contribution in [3.8, 4) is 0 Å². The van der Waals surface area contributed by atoms with Crippen LogP contribution in [0.15, 0.2) is 46.2 Å². The monoisotopic (exact) mass is 560 g/mol. The zero-order valence-electron chi connectivity index (χ0n) is 25.6. The average Bonchev–Trinajstić information content (AvgIpc) is 2.81. The number of carbonyl (C=O) groups excluding carboxylic acids is 1. The number of carboxylic acid groups (broad SMARTS) is 1. The molecule has 0 fully saturated rings. The third-order valence-corrected chi connectivity index (χ3v) is 5.93. The molecule has 0 aromatic carbocycles. The molecule has 2 aromatic heterocycles. The zero-order chi connectivity index (χ0) is 30.6. The first-order valence-electron chi connectivity index (χ1n) is 13.8. The molecule has 224 valence electrons. The Morgan fingerprint density at radius 3 is 1.52 bits per heavy atom. The fourth-order valence-electron chi connectivity index (χ4n) is 4.29. The van der Waals surface area contributed by atoms with Gasteiger partial charge in [0, 0.05) is 37.6 Å². The number of esters is 1. The van der Waals surface area contributed by atoms with Gasteiger partial charge >= 0.3 is 11.9 Å². The minimum absolute atomic E-state index is 0.159. The zero-order valence-corrected chi connectivity index (χ0v) is 25.6. The summed E-state index contributed by atoms with van der Waals surface area (Å²) < 4.78 is 7.89. The molecule has 2 unspecified atom stereocenters. The van der Waals surface area contributed by atoms with Crippen molar-refractivity contribution < 1.29 is 19.4 Å². The molecule has 2 atom stereocenters. The van der Waals surface area contributed by atoms with Crippen molar-refractivity contribution >= 4 is 11.9 Å². The van der Waals surface area contributed by atoms with Crippen LogP contribution in [0.25, 0.3) is 0 Å². The van der Waals surface area contributed by atoms with Crippen LogP contribution >= 0.6 is 0 Å². The summed E-state index contributed by atoms with van der Waals surface area (Å²) in [7, 11) is 7.74. The number of carboxylic acids is 1. The first-order chi connectivity index (χ1) is 18.7. The van der Waals surface area contributed by atoms with E-state index in [9.17, 15) is 24.3 Å². The highest BCUT2D eigenvalue weighted by Crippen LogP contribution is 2.18. The van der Waals surface area contributed by atoms with Crippen LogP contribution in [-0.2, 0) is 27.4 Å². The summed E-state index contributed by atoms with van der Waals surface area (Å²) in [4.78, 5) is 51.7. The summed E-state index contributed by atoms with van der Waals surface area (Å²) in [5.41, 5.74) is 1.41. The van der Waals surface area contributed by atoms with Gasteiger partial charge in [-0.1, -0.05) is 27.7 Å². The van der Waals surface area contributed by atoms with E-state index in [1.165, 1.54) is 15.2 Å². The second kappa shape index (κ2) is 16.8. The fraction of sp³-hybridized carbons (Fsp3) is 0.600. The van der Waals surface area contributed by atoms with Crippen molar-refractivity contribution in [3.63, 3.8) is 0 Å². The highest BCUT2D eigenvalue weighted by molar-refractivity contribution is 5.74. The largest absolute Gasteiger partial charge is 0.480 e. The smallest absolute Gasteiger partial charge is 0.329 e.